The number of nitrogen functional groups attached to an aromatic ring is 1. The van der Waals surface area contributed by atoms with Crippen molar-refractivity contribution in [3.63, 3.8) is 0 Å². The van der Waals surface area contributed by atoms with Crippen molar-refractivity contribution >= 4 is 21.6 Å². The number of benzene rings is 1. The second-order valence-electron chi connectivity index (χ2n) is 2.51. The number of hydrogen-bond acceptors (Lipinski definition) is 2. The van der Waals surface area contributed by atoms with E-state index < -0.39 is 6.36 Å². The molecule has 1 rings (SSSR count). The van der Waals surface area contributed by atoms with Gasteiger partial charge in [-0.2, -0.15) is 0 Å². The Labute approximate surface area is 87.0 Å². The first-order chi connectivity index (χ1) is 6.44. The lowest BCUT2D eigenvalue weighted by molar-refractivity contribution is -0.274. The predicted molar refractivity (Wildman–Crippen MR) is 50.2 cm³/mol. The van der Waals surface area contributed by atoms with Gasteiger partial charge in [-0.15, -0.1) is 13.2 Å². The highest BCUT2D eigenvalue weighted by Gasteiger charge is 2.32. The lowest BCUT2D eigenvalue weighted by Crippen LogP contribution is -2.18. The van der Waals surface area contributed by atoms with Gasteiger partial charge in [-0.3, -0.25) is 0 Å². The summed E-state index contributed by atoms with van der Waals surface area (Å²) in [6.07, 6.45) is -4.69. The zero-order valence-electron chi connectivity index (χ0n) is 6.94. The van der Waals surface area contributed by atoms with Gasteiger partial charge in [-0.1, -0.05) is 22.0 Å². The fraction of sp³-hybridized carbons (Fsp3) is 0.250. The van der Waals surface area contributed by atoms with Crippen molar-refractivity contribution in [3.05, 3.63) is 23.8 Å². The Hall–Kier alpha value is -0.910. The lowest BCUT2D eigenvalue weighted by Gasteiger charge is -2.13. The van der Waals surface area contributed by atoms with Gasteiger partial charge in [0.2, 0.25) is 0 Å². The molecule has 14 heavy (non-hydrogen) atoms. The Morgan fingerprint density at radius 2 is 2.00 bits per heavy atom. The predicted octanol–water partition coefficient (Wildman–Crippen LogP) is 3.06. The average Bonchev–Trinajstić information content (AvgIpc) is 2.01. The summed E-state index contributed by atoms with van der Waals surface area (Å²) in [5.41, 5.74) is 6.04. The van der Waals surface area contributed by atoms with Crippen LogP contribution in [0.15, 0.2) is 18.2 Å². The second kappa shape index (κ2) is 4.08. The average molecular weight is 270 g/mol. The van der Waals surface area contributed by atoms with Crippen LogP contribution in [-0.2, 0) is 5.33 Å². The number of halogens is 4. The molecular weight excluding hydrogens is 263 g/mol. The highest BCUT2D eigenvalue weighted by Crippen LogP contribution is 2.31. The van der Waals surface area contributed by atoms with Crippen molar-refractivity contribution in [2.24, 2.45) is 0 Å². The largest absolute Gasteiger partial charge is 0.573 e. The summed E-state index contributed by atoms with van der Waals surface area (Å²) in [6.45, 7) is 0. The van der Waals surface area contributed by atoms with Gasteiger partial charge in [-0.25, -0.2) is 0 Å². The smallest absolute Gasteiger partial charge is 0.405 e. The van der Waals surface area contributed by atoms with Crippen LogP contribution in [0.3, 0.4) is 0 Å². The third-order valence-corrected chi connectivity index (χ3v) is 2.09. The molecule has 0 saturated carbocycles. The topological polar surface area (TPSA) is 35.2 Å². The minimum absolute atomic E-state index is 0.213. The molecule has 0 atom stereocenters. The van der Waals surface area contributed by atoms with E-state index in [1.165, 1.54) is 18.2 Å². The van der Waals surface area contributed by atoms with Crippen LogP contribution in [0.1, 0.15) is 5.56 Å². The van der Waals surface area contributed by atoms with Crippen LogP contribution in [0.2, 0.25) is 0 Å². The van der Waals surface area contributed by atoms with Crippen LogP contribution in [0.4, 0.5) is 18.9 Å². The Morgan fingerprint density at radius 3 is 2.50 bits per heavy atom. The monoisotopic (exact) mass is 269 g/mol. The molecule has 2 N–H and O–H groups in total. The summed E-state index contributed by atoms with van der Waals surface area (Å²) in [7, 11) is 0. The summed E-state index contributed by atoms with van der Waals surface area (Å²) in [4.78, 5) is 0. The molecule has 0 aliphatic carbocycles. The van der Waals surface area contributed by atoms with Gasteiger partial charge in [0, 0.05) is 16.6 Å². The summed E-state index contributed by atoms with van der Waals surface area (Å²) in [6, 6.07) is 4.14. The SMILES string of the molecule is Nc1cccc(OC(F)(F)F)c1CBr. The van der Waals surface area contributed by atoms with Crippen LogP contribution < -0.4 is 10.5 Å². The van der Waals surface area contributed by atoms with Crippen LogP contribution in [0.5, 0.6) is 5.75 Å². The van der Waals surface area contributed by atoms with Crippen molar-refractivity contribution in [3.8, 4) is 5.75 Å². The summed E-state index contributed by atoms with van der Waals surface area (Å²) < 4.78 is 39.5. The van der Waals surface area contributed by atoms with E-state index in [9.17, 15) is 13.2 Å². The number of nitrogens with two attached hydrogens (primary N) is 1. The zero-order chi connectivity index (χ0) is 10.8. The summed E-state index contributed by atoms with van der Waals surface area (Å²) in [5, 5.41) is 0.213. The van der Waals surface area contributed by atoms with E-state index in [1.807, 2.05) is 0 Å². The number of hydrogen-bond donors (Lipinski definition) is 1. The standard InChI is InChI=1S/C8H7BrF3NO/c9-4-5-6(13)2-1-3-7(5)14-8(10,11)12/h1-3H,4,13H2. The molecule has 2 nitrogen and oxygen atoms in total. The molecule has 6 heteroatoms. The minimum atomic E-state index is -4.69. The maximum Gasteiger partial charge on any atom is 0.573 e. The number of rotatable bonds is 2. The Morgan fingerprint density at radius 1 is 1.36 bits per heavy atom. The van der Waals surface area contributed by atoms with E-state index >= 15 is 0 Å². The number of ether oxygens (including phenoxy) is 1. The quantitative estimate of drug-likeness (QED) is 0.662. The minimum Gasteiger partial charge on any atom is -0.405 e. The highest BCUT2D eigenvalue weighted by atomic mass is 79.9. The van der Waals surface area contributed by atoms with Gasteiger partial charge in [0.15, 0.2) is 0 Å². The Bertz CT molecular complexity index is 327. The van der Waals surface area contributed by atoms with Crippen LogP contribution in [-0.4, -0.2) is 6.36 Å². The van der Waals surface area contributed by atoms with E-state index in [0.29, 0.717) is 5.56 Å². The third-order valence-electron chi connectivity index (χ3n) is 1.53. The molecule has 0 heterocycles. The highest BCUT2D eigenvalue weighted by molar-refractivity contribution is 9.08. The van der Waals surface area contributed by atoms with Gasteiger partial charge in [-0.05, 0) is 12.1 Å². The molecule has 0 saturated heterocycles. The van der Waals surface area contributed by atoms with Gasteiger partial charge < -0.3 is 10.5 Å². The molecule has 1 aromatic carbocycles. The van der Waals surface area contributed by atoms with E-state index in [1.54, 1.807) is 0 Å². The van der Waals surface area contributed by atoms with Crippen molar-refractivity contribution in [1.82, 2.24) is 0 Å². The molecule has 0 aromatic heterocycles. The molecule has 0 bridgehead atoms. The van der Waals surface area contributed by atoms with Crippen molar-refractivity contribution < 1.29 is 17.9 Å². The Kier molecular flexibility index (Phi) is 3.25. The lowest BCUT2D eigenvalue weighted by atomic mass is 10.2. The van der Waals surface area contributed by atoms with Crippen LogP contribution >= 0.6 is 15.9 Å². The number of alkyl halides is 4. The van der Waals surface area contributed by atoms with Gasteiger partial charge in [0.25, 0.3) is 0 Å². The fourth-order valence-electron chi connectivity index (χ4n) is 0.946. The molecule has 0 aliphatic heterocycles. The van der Waals surface area contributed by atoms with Crippen molar-refractivity contribution in [2.75, 3.05) is 5.73 Å². The second-order valence-corrected chi connectivity index (χ2v) is 3.07. The summed E-state index contributed by atoms with van der Waals surface area (Å²) >= 11 is 3.04. The van der Waals surface area contributed by atoms with Crippen molar-refractivity contribution in [2.45, 2.75) is 11.7 Å². The van der Waals surface area contributed by atoms with Gasteiger partial charge >= 0.3 is 6.36 Å². The first-order valence-corrected chi connectivity index (χ1v) is 4.75. The van der Waals surface area contributed by atoms with Gasteiger partial charge in [0.1, 0.15) is 5.75 Å². The fourth-order valence-corrected chi connectivity index (χ4v) is 1.55. The number of anilines is 1. The molecule has 0 fully saturated rings. The van der Waals surface area contributed by atoms with Crippen LogP contribution in [0.25, 0.3) is 0 Å². The molecule has 0 aliphatic rings. The molecular formula is C8H7BrF3NO. The van der Waals surface area contributed by atoms with E-state index in [-0.39, 0.29) is 16.8 Å². The molecule has 0 radical (unpaired) electrons. The van der Waals surface area contributed by atoms with E-state index in [4.69, 9.17) is 5.73 Å². The first kappa shape index (κ1) is 11.2. The molecule has 0 amide bonds. The maximum absolute atomic E-state index is 11.9. The first-order valence-electron chi connectivity index (χ1n) is 3.63. The molecule has 0 unspecified atom stereocenters. The van der Waals surface area contributed by atoms with E-state index in [0.717, 1.165) is 0 Å². The van der Waals surface area contributed by atoms with Gasteiger partial charge in [0.05, 0.1) is 0 Å². The van der Waals surface area contributed by atoms with Crippen molar-refractivity contribution in [1.29, 1.82) is 0 Å². The normalized spacial score (nSPS) is 11.4. The van der Waals surface area contributed by atoms with Crippen LogP contribution in [0, 0.1) is 0 Å². The maximum atomic E-state index is 11.9. The molecule has 1 aromatic rings. The third kappa shape index (κ3) is 2.80. The zero-order valence-corrected chi connectivity index (χ0v) is 8.52. The molecule has 78 valence electrons. The Balaban J connectivity index is 3.02. The van der Waals surface area contributed by atoms with E-state index in [2.05, 4.69) is 20.7 Å². The summed E-state index contributed by atoms with van der Waals surface area (Å²) in [5.74, 6) is -0.269. The molecule has 0 spiro atoms.